The molecule has 0 aliphatic rings. The van der Waals surface area contributed by atoms with Crippen LogP contribution < -0.4 is 5.32 Å². The van der Waals surface area contributed by atoms with Gasteiger partial charge in [0.25, 0.3) is 0 Å². The molecule has 0 aliphatic carbocycles. The van der Waals surface area contributed by atoms with E-state index in [9.17, 15) is 23.2 Å². The number of nitrogens with zero attached hydrogens (tertiary/aromatic N) is 2. The molecule has 1 N–H and O–H groups in total. The lowest BCUT2D eigenvalue weighted by Crippen LogP contribution is -2.33. The Balaban J connectivity index is 1.90. The van der Waals surface area contributed by atoms with Crippen molar-refractivity contribution in [3.05, 3.63) is 65.0 Å². The van der Waals surface area contributed by atoms with E-state index in [1.807, 2.05) is 24.3 Å². The Hall–Kier alpha value is -3.08. The molecule has 5 nitrogen and oxygen atoms in total. The van der Waals surface area contributed by atoms with E-state index in [2.05, 4.69) is 16.4 Å². The summed E-state index contributed by atoms with van der Waals surface area (Å²) in [5.41, 5.74) is 0.967. The lowest BCUT2D eigenvalue weighted by molar-refractivity contribution is -0.137. The van der Waals surface area contributed by atoms with Gasteiger partial charge in [-0.05, 0) is 63.3 Å². The van der Waals surface area contributed by atoms with Gasteiger partial charge in [-0.15, -0.1) is 0 Å². The minimum atomic E-state index is -4.45. The Morgan fingerprint density at radius 1 is 1.16 bits per heavy atom. The Labute approximate surface area is 180 Å². The zero-order valence-corrected chi connectivity index (χ0v) is 17.8. The van der Waals surface area contributed by atoms with E-state index in [-0.39, 0.29) is 0 Å². The highest BCUT2D eigenvalue weighted by Crippen LogP contribution is 2.29. The number of pyridine rings is 1. The molecular formula is C23H26F3N3O2. The average molecular weight is 433 g/mol. The summed E-state index contributed by atoms with van der Waals surface area (Å²) in [5.74, 6) is -0.597. The van der Waals surface area contributed by atoms with E-state index in [1.165, 1.54) is 6.07 Å². The molecule has 1 aromatic heterocycles. The van der Waals surface area contributed by atoms with Gasteiger partial charge in [-0.3, -0.25) is 4.98 Å². The minimum Gasteiger partial charge on any atom is -0.444 e. The number of alkyl halides is 3. The number of halogens is 3. The SMILES string of the molecule is CC(C)(C)OC(=O)NCCc1cccc(CCC(C#N)c2ccc(C(F)(F)F)cn2)c1. The predicted molar refractivity (Wildman–Crippen MR) is 110 cm³/mol. The number of amides is 1. The molecule has 0 saturated carbocycles. The lowest BCUT2D eigenvalue weighted by Gasteiger charge is -2.19. The quantitative estimate of drug-likeness (QED) is 0.634. The van der Waals surface area contributed by atoms with Gasteiger partial charge < -0.3 is 10.1 Å². The maximum absolute atomic E-state index is 12.7. The number of nitrogens with one attached hydrogen (secondary N) is 1. The van der Waals surface area contributed by atoms with Gasteiger partial charge in [-0.25, -0.2) is 4.79 Å². The molecule has 1 atom stereocenters. The van der Waals surface area contributed by atoms with Gasteiger partial charge >= 0.3 is 12.3 Å². The van der Waals surface area contributed by atoms with Crippen LogP contribution in [0.3, 0.4) is 0 Å². The van der Waals surface area contributed by atoms with Crippen LogP contribution in [-0.4, -0.2) is 23.2 Å². The Morgan fingerprint density at radius 3 is 2.39 bits per heavy atom. The second kappa shape index (κ2) is 10.3. The highest BCUT2D eigenvalue weighted by molar-refractivity contribution is 5.67. The van der Waals surface area contributed by atoms with Crippen molar-refractivity contribution in [3.63, 3.8) is 0 Å². The summed E-state index contributed by atoms with van der Waals surface area (Å²) in [6.07, 6.45) is -2.52. The summed E-state index contributed by atoms with van der Waals surface area (Å²) >= 11 is 0. The third-order valence-corrected chi connectivity index (χ3v) is 4.42. The molecule has 2 rings (SSSR count). The van der Waals surface area contributed by atoms with E-state index >= 15 is 0 Å². The van der Waals surface area contributed by atoms with Crippen molar-refractivity contribution in [2.24, 2.45) is 0 Å². The van der Waals surface area contributed by atoms with Crippen molar-refractivity contribution >= 4 is 6.09 Å². The number of alkyl carbamates (subject to hydrolysis) is 1. The van der Waals surface area contributed by atoms with Gasteiger partial charge in [0, 0.05) is 12.7 Å². The van der Waals surface area contributed by atoms with Gasteiger partial charge in [0.15, 0.2) is 0 Å². The number of aromatic nitrogens is 1. The number of carbonyl (C=O) groups excluding carboxylic acids is 1. The molecule has 1 unspecified atom stereocenters. The molecule has 0 spiro atoms. The van der Waals surface area contributed by atoms with Crippen LogP contribution in [0.1, 0.15) is 55.5 Å². The zero-order chi connectivity index (χ0) is 23.1. The molecule has 0 saturated heterocycles. The Kier molecular flexibility index (Phi) is 8.03. The third-order valence-electron chi connectivity index (χ3n) is 4.42. The monoisotopic (exact) mass is 433 g/mol. The number of carbonyl (C=O) groups is 1. The molecule has 1 aromatic carbocycles. The standard InChI is InChI=1S/C23H26F3N3O2/c1-22(2,3)31-21(30)28-12-11-17-6-4-5-16(13-17)7-8-18(14-27)20-10-9-19(15-29-20)23(24,25)26/h4-6,9-10,13,15,18H,7-8,11-12H2,1-3H3,(H,28,30). The predicted octanol–water partition coefficient (Wildman–Crippen LogP) is 5.41. The van der Waals surface area contributed by atoms with Gasteiger partial charge in [0.05, 0.1) is 23.2 Å². The molecule has 31 heavy (non-hydrogen) atoms. The number of ether oxygens (including phenoxy) is 1. The maximum atomic E-state index is 12.7. The Morgan fingerprint density at radius 2 is 1.84 bits per heavy atom. The molecule has 0 fully saturated rings. The molecule has 1 amide bonds. The van der Waals surface area contributed by atoms with Crippen molar-refractivity contribution in [1.29, 1.82) is 5.26 Å². The van der Waals surface area contributed by atoms with Crippen LogP contribution in [0.15, 0.2) is 42.6 Å². The summed E-state index contributed by atoms with van der Waals surface area (Å²) in [6.45, 7) is 5.81. The van der Waals surface area contributed by atoms with Crippen LogP contribution in [0, 0.1) is 11.3 Å². The highest BCUT2D eigenvalue weighted by Gasteiger charge is 2.31. The molecule has 1 heterocycles. The van der Waals surface area contributed by atoms with E-state index < -0.39 is 29.4 Å². The van der Waals surface area contributed by atoms with E-state index in [0.29, 0.717) is 31.5 Å². The molecular weight excluding hydrogens is 407 g/mol. The van der Waals surface area contributed by atoms with Crippen LogP contribution in [0.2, 0.25) is 0 Å². The number of rotatable bonds is 7. The fourth-order valence-electron chi connectivity index (χ4n) is 2.93. The van der Waals surface area contributed by atoms with Crippen LogP contribution in [0.4, 0.5) is 18.0 Å². The topological polar surface area (TPSA) is 75.0 Å². The van der Waals surface area contributed by atoms with E-state index in [4.69, 9.17) is 4.74 Å². The van der Waals surface area contributed by atoms with Crippen LogP contribution >= 0.6 is 0 Å². The summed E-state index contributed by atoms with van der Waals surface area (Å²) in [6, 6.07) is 12.1. The summed E-state index contributed by atoms with van der Waals surface area (Å²) in [4.78, 5) is 15.5. The second-order valence-corrected chi connectivity index (χ2v) is 8.19. The molecule has 8 heteroatoms. The fourth-order valence-corrected chi connectivity index (χ4v) is 2.93. The number of nitriles is 1. The van der Waals surface area contributed by atoms with Crippen molar-refractivity contribution in [2.75, 3.05) is 6.54 Å². The smallest absolute Gasteiger partial charge is 0.417 e. The molecule has 0 radical (unpaired) electrons. The molecule has 0 aliphatic heterocycles. The zero-order valence-electron chi connectivity index (χ0n) is 17.8. The molecule has 166 valence electrons. The number of hydrogen-bond donors (Lipinski definition) is 1. The normalized spacial score (nSPS) is 12.7. The largest absolute Gasteiger partial charge is 0.444 e. The van der Waals surface area contributed by atoms with Gasteiger partial charge in [0.2, 0.25) is 0 Å². The van der Waals surface area contributed by atoms with E-state index in [1.54, 1.807) is 20.8 Å². The maximum Gasteiger partial charge on any atom is 0.417 e. The first-order valence-corrected chi connectivity index (χ1v) is 9.95. The van der Waals surface area contributed by atoms with Crippen LogP contribution in [0.25, 0.3) is 0 Å². The average Bonchev–Trinajstić information content (AvgIpc) is 2.67. The summed E-state index contributed by atoms with van der Waals surface area (Å²) in [7, 11) is 0. The van der Waals surface area contributed by atoms with Crippen LogP contribution in [0.5, 0.6) is 0 Å². The number of aryl methyl sites for hydroxylation is 1. The molecule has 0 bridgehead atoms. The first-order chi connectivity index (χ1) is 14.5. The highest BCUT2D eigenvalue weighted by atomic mass is 19.4. The van der Waals surface area contributed by atoms with Crippen molar-refractivity contribution < 1.29 is 22.7 Å². The summed E-state index contributed by atoms with van der Waals surface area (Å²) in [5, 5.41) is 12.1. The number of benzene rings is 1. The lowest BCUT2D eigenvalue weighted by atomic mass is 9.96. The van der Waals surface area contributed by atoms with Gasteiger partial charge in [-0.1, -0.05) is 24.3 Å². The first kappa shape index (κ1) is 24.2. The van der Waals surface area contributed by atoms with Gasteiger partial charge in [-0.2, -0.15) is 18.4 Å². The summed E-state index contributed by atoms with van der Waals surface area (Å²) < 4.78 is 43.2. The third kappa shape index (κ3) is 8.28. The number of hydrogen-bond acceptors (Lipinski definition) is 4. The molecule has 2 aromatic rings. The second-order valence-electron chi connectivity index (χ2n) is 8.19. The minimum absolute atomic E-state index is 0.327. The van der Waals surface area contributed by atoms with Gasteiger partial charge in [0.1, 0.15) is 5.60 Å². The van der Waals surface area contributed by atoms with Crippen molar-refractivity contribution in [1.82, 2.24) is 10.3 Å². The van der Waals surface area contributed by atoms with Crippen molar-refractivity contribution in [2.45, 2.75) is 57.7 Å². The first-order valence-electron chi connectivity index (χ1n) is 9.95. The van der Waals surface area contributed by atoms with E-state index in [0.717, 1.165) is 23.4 Å². The van der Waals surface area contributed by atoms with Crippen LogP contribution in [-0.2, 0) is 23.8 Å². The van der Waals surface area contributed by atoms with Crippen molar-refractivity contribution in [3.8, 4) is 6.07 Å². The Bertz CT molecular complexity index is 913. The fraction of sp³-hybridized carbons (Fsp3) is 0.435.